The third-order valence-electron chi connectivity index (χ3n) is 3.80. The molecule has 0 aliphatic heterocycles. The van der Waals surface area contributed by atoms with Crippen LogP contribution in [0.15, 0.2) is 55.0 Å². The van der Waals surface area contributed by atoms with Crippen LogP contribution < -0.4 is 5.73 Å². The fraction of sp³-hybridized carbons (Fsp3) is 0.111. The van der Waals surface area contributed by atoms with Gasteiger partial charge >= 0.3 is 0 Å². The largest absolute Gasteiger partial charge is 0.385 e. The van der Waals surface area contributed by atoms with Crippen molar-refractivity contribution >= 4 is 60.4 Å². The van der Waals surface area contributed by atoms with Crippen LogP contribution in [0.2, 0.25) is 10.0 Å². The van der Waals surface area contributed by atoms with E-state index in [2.05, 4.69) is 9.97 Å². The Kier molecular flexibility index (Phi) is 11.2. The highest BCUT2D eigenvalue weighted by molar-refractivity contribution is 6.42. The molecule has 0 bridgehead atoms. The topological polar surface area (TPSA) is 72.0 Å². The minimum Gasteiger partial charge on any atom is -0.385 e. The van der Waals surface area contributed by atoms with Gasteiger partial charge in [-0.3, -0.25) is 9.97 Å². The van der Waals surface area contributed by atoms with E-state index in [9.17, 15) is 9.50 Å². The highest BCUT2D eigenvalue weighted by Crippen LogP contribution is 2.31. The smallest absolute Gasteiger partial charge is 0.142 e. The lowest BCUT2D eigenvalue weighted by Crippen LogP contribution is -2.20. The van der Waals surface area contributed by atoms with Crippen molar-refractivity contribution in [3.05, 3.63) is 82.1 Å². The molecule has 2 heterocycles. The van der Waals surface area contributed by atoms with E-state index in [1.54, 1.807) is 30.3 Å². The molecule has 3 aromatic rings. The molecule has 0 radical (unpaired) electrons. The molecule has 0 spiro atoms. The van der Waals surface area contributed by atoms with Crippen molar-refractivity contribution in [2.75, 3.05) is 0 Å². The van der Waals surface area contributed by atoms with Gasteiger partial charge in [-0.15, -0.1) is 37.2 Å². The number of rotatable bonds is 4. The van der Waals surface area contributed by atoms with Gasteiger partial charge in [0.1, 0.15) is 11.9 Å². The summed E-state index contributed by atoms with van der Waals surface area (Å²) in [6.45, 7) is 0. The van der Waals surface area contributed by atoms with Crippen molar-refractivity contribution in [2.45, 2.75) is 12.1 Å². The van der Waals surface area contributed by atoms with Crippen molar-refractivity contribution < 1.29 is 9.50 Å². The first kappa shape index (κ1) is 26.8. The number of hydrogen-bond donors (Lipinski definition) is 2. The normalized spacial score (nSPS) is 12.0. The lowest BCUT2D eigenvalue weighted by Gasteiger charge is -2.19. The van der Waals surface area contributed by atoms with E-state index >= 15 is 0 Å². The standard InChI is InChI=1S/C18H14Cl2FN3O.3ClH/c19-14-3-1-10(6-15(14)20)17(22)18(25)16-4-2-11(8-24-16)12-5-13(21)9-23-7-12;;;/h1-9,17-18,25H,22H2;3*1H. The molecule has 4 nitrogen and oxygen atoms in total. The number of aliphatic hydroxyl groups excluding tert-OH is 1. The third kappa shape index (κ3) is 6.16. The molecular formula is C18H17Cl5FN3O. The Balaban J connectivity index is 0.00000243. The van der Waals surface area contributed by atoms with Crippen LogP contribution in [-0.4, -0.2) is 15.1 Å². The van der Waals surface area contributed by atoms with E-state index in [1.807, 2.05) is 0 Å². The van der Waals surface area contributed by atoms with Crippen LogP contribution in [0.25, 0.3) is 11.1 Å². The lowest BCUT2D eigenvalue weighted by molar-refractivity contribution is 0.142. The Bertz CT molecular complexity index is 899. The minimum absolute atomic E-state index is 0. The number of nitrogens with zero attached hydrogens (tertiary/aromatic N) is 2. The molecule has 0 saturated heterocycles. The van der Waals surface area contributed by atoms with Crippen molar-refractivity contribution in [3.8, 4) is 11.1 Å². The maximum Gasteiger partial charge on any atom is 0.142 e. The van der Waals surface area contributed by atoms with E-state index < -0.39 is 18.0 Å². The monoisotopic (exact) mass is 485 g/mol. The Morgan fingerprint density at radius 3 is 2.18 bits per heavy atom. The number of halogens is 6. The highest BCUT2D eigenvalue weighted by atomic mass is 35.5. The van der Waals surface area contributed by atoms with Crippen molar-refractivity contribution in [1.29, 1.82) is 0 Å². The average molecular weight is 488 g/mol. The second-order valence-electron chi connectivity index (χ2n) is 5.51. The summed E-state index contributed by atoms with van der Waals surface area (Å²) in [5.41, 5.74) is 8.43. The predicted molar refractivity (Wildman–Crippen MR) is 118 cm³/mol. The predicted octanol–water partition coefficient (Wildman–Crippen LogP) is 5.59. The average Bonchev–Trinajstić information content (AvgIpc) is 2.63. The van der Waals surface area contributed by atoms with Crippen LogP contribution in [0.3, 0.4) is 0 Å². The molecule has 0 fully saturated rings. The molecule has 3 rings (SSSR count). The van der Waals surface area contributed by atoms with Crippen LogP contribution in [0.1, 0.15) is 23.4 Å². The molecule has 0 amide bonds. The Labute approximate surface area is 190 Å². The number of hydrogen-bond acceptors (Lipinski definition) is 4. The fourth-order valence-corrected chi connectivity index (χ4v) is 2.71. The SMILES string of the molecule is Cl.Cl.Cl.NC(c1ccc(Cl)c(Cl)c1)C(O)c1ccc(-c2cncc(F)c2)cn1. The molecule has 2 aromatic heterocycles. The molecule has 3 N–H and O–H groups in total. The van der Waals surface area contributed by atoms with E-state index in [4.69, 9.17) is 28.9 Å². The van der Waals surface area contributed by atoms with Crippen LogP contribution in [0.5, 0.6) is 0 Å². The van der Waals surface area contributed by atoms with Gasteiger partial charge in [-0.25, -0.2) is 4.39 Å². The lowest BCUT2D eigenvalue weighted by atomic mass is 9.99. The first-order valence-corrected chi connectivity index (χ1v) is 8.17. The summed E-state index contributed by atoms with van der Waals surface area (Å²) in [4.78, 5) is 8.04. The third-order valence-corrected chi connectivity index (χ3v) is 4.54. The van der Waals surface area contributed by atoms with Gasteiger partial charge in [0.25, 0.3) is 0 Å². The van der Waals surface area contributed by atoms with Gasteiger partial charge in [0.05, 0.1) is 28.0 Å². The summed E-state index contributed by atoms with van der Waals surface area (Å²) in [5.74, 6) is -0.428. The zero-order chi connectivity index (χ0) is 18.0. The summed E-state index contributed by atoms with van der Waals surface area (Å²) in [7, 11) is 0. The fourth-order valence-electron chi connectivity index (χ4n) is 2.41. The van der Waals surface area contributed by atoms with Gasteiger partial charge in [0.2, 0.25) is 0 Å². The van der Waals surface area contributed by atoms with Crippen molar-refractivity contribution in [3.63, 3.8) is 0 Å². The van der Waals surface area contributed by atoms with Gasteiger partial charge in [-0.1, -0.05) is 35.3 Å². The molecule has 0 saturated carbocycles. The first-order valence-electron chi connectivity index (χ1n) is 7.41. The second-order valence-corrected chi connectivity index (χ2v) is 6.32. The van der Waals surface area contributed by atoms with Crippen LogP contribution in [0.4, 0.5) is 4.39 Å². The van der Waals surface area contributed by atoms with Crippen LogP contribution in [0, 0.1) is 5.82 Å². The quantitative estimate of drug-likeness (QED) is 0.503. The number of nitrogens with two attached hydrogens (primary N) is 1. The molecule has 152 valence electrons. The van der Waals surface area contributed by atoms with Gasteiger partial charge < -0.3 is 10.8 Å². The zero-order valence-corrected chi connectivity index (χ0v) is 18.1. The molecule has 28 heavy (non-hydrogen) atoms. The van der Waals surface area contributed by atoms with E-state index in [0.717, 1.165) is 6.20 Å². The molecule has 2 unspecified atom stereocenters. The first-order chi connectivity index (χ1) is 12.0. The van der Waals surface area contributed by atoms with Crippen LogP contribution in [-0.2, 0) is 0 Å². The maximum atomic E-state index is 13.3. The summed E-state index contributed by atoms with van der Waals surface area (Å²) < 4.78 is 13.3. The number of aromatic nitrogens is 2. The molecule has 0 aliphatic rings. The summed E-state index contributed by atoms with van der Waals surface area (Å²) in [6, 6.07) is 8.95. The van der Waals surface area contributed by atoms with Gasteiger partial charge in [0.15, 0.2) is 0 Å². The van der Waals surface area contributed by atoms with Gasteiger partial charge in [0, 0.05) is 23.5 Å². The molecule has 10 heteroatoms. The van der Waals surface area contributed by atoms with Crippen molar-refractivity contribution in [2.24, 2.45) is 5.73 Å². The van der Waals surface area contributed by atoms with Gasteiger partial charge in [-0.05, 0) is 29.8 Å². The van der Waals surface area contributed by atoms with Gasteiger partial charge in [-0.2, -0.15) is 0 Å². The minimum atomic E-state index is -1.03. The van der Waals surface area contributed by atoms with Crippen molar-refractivity contribution in [1.82, 2.24) is 9.97 Å². The molecule has 1 aromatic carbocycles. The molecular weight excluding hydrogens is 470 g/mol. The number of benzene rings is 1. The zero-order valence-electron chi connectivity index (χ0n) is 14.1. The van der Waals surface area contributed by atoms with E-state index in [1.165, 1.54) is 18.5 Å². The Morgan fingerprint density at radius 2 is 1.61 bits per heavy atom. The summed E-state index contributed by atoms with van der Waals surface area (Å²) in [5, 5.41) is 11.3. The number of pyridine rings is 2. The van der Waals surface area contributed by atoms with Crippen LogP contribution >= 0.6 is 60.4 Å². The number of aliphatic hydroxyl groups is 1. The summed E-state index contributed by atoms with van der Waals surface area (Å²) in [6.07, 6.45) is 3.18. The van der Waals surface area contributed by atoms with E-state index in [0.29, 0.717) is 32.4 Å². The Hall–Kier alpha value is -1.18. The molecule has 2 atom stereocenters. The summed E-state index contributed by atoms with van der Waals surface area (Å²) >= 11 is 11.9. The highest BCUT2D eigenvalue weighted by Gasteiger charge is 2.21. The Morgan fingerprint density at radius 1 is 0.893 bits per heavy atom. The van der Waals surface area contributed by atoms with E-state index in [-0.39, 0.29) is 37.2 Å². The molecule has 0 aliphatic carbocycles. The second kappa shape index (κ2) is 11.7. The maximum absolute atomic E-state index is 13.3.